The first-order chi connectivity index (χ1) is 17.7. The van der Waals surface area contributed by atoms with Gasteiger partial charge in [-0.3, -0.25) is 14.7 Å². The molecule has 4 aliphatic rings. The number of hydrogen-bond acceptors (Lipinski definition) is 8. The van der Waals surface area contributed by atoms with Gasteiger partial charge in [0, 0.05) is 42.9 Å². The van der Waals surface area contributed by atoms with Gasteiger partial charge >= 0.3 is 0 Å². The number of methoxy groups -OCH3 is 1. The molecule has 7 rings (SSSR count). The number of nitrogens with one attached hydrogen (secondary N) is 3. The molecule has 37 heavy (non-hydrogen) atoms. The quantitative estimate of drug-likeness (QED) is 0.460. The summed E-state index contributed by atoms with van der Waals surface area (Å²) in [7, 11) is 3.33. The highest BCUT2D eigenvalue weighted by atomic mass is 16.5. The highest BCUT2D eigenvalue weighted by molar-refractivity contribution is 6.04. The Hall–Kier alpha value is -4.15. The van der Waals surface area contributed by atoms with Crippen LogP contribution in [0, 0.1) is 5.41 Å². The minimum absolute atomic E-state index is 0.0310. The molecule has 1 fully saturated rings. The van der Waals surface area contributed by atoms with Crippen LogP contribution in [0.15, 0.2) is 30.5 Å². The van der Waals surface area contributed by atoms with Crippen molar-refractivity contribution >= 4 is 40.8 Å². The van der Waals surface area contributed by atoms with E-state index in [0.717, 1.165) is 30.8 Å². The highest BCUT2D eigenvalue weighted by Crippen LogP contribution is 2.44. The number of fused-ring (bicyclic) bond motifs is 3. The molecule has 11 heteroatoms. The second-order valence-corrected chi connectivity index (χ2v) is 10.6. The van der Waals surface area contributed by atoms with Gasteiger partial charge in [-0.2, -0.15) is 10.1 Å². The Labute approximate surface area is 214 Å². The van der Waals surface area contributed by atoms with Crippen LogP contribution in [-0.4, -0.2) is 58.7 Å². The number of H-pyrrole nitrogens is 1. The van der Waals surface area contributed by atoms with E-state index in [9.17, 15) is 9.59 Å². The van der Waals surface area contributed by atoms with Gasteiger partial charge in [0.15, 0.2) is 11.6 Å². The number of hydrogen-bond donors (Lipinski definition) is 3. The third-order valence-electron chi connectivity index (χ3n) is 7.67. The maximum atomic E-state index is 13.4. The van der Waals surface area contributed by atoms with E-state index in [1.54, 1.807) is 43.5 Å². The Morgan fingerprint density at radius 1 is 1.14 bits per heavy atom. The zero-order valence-corrected chi connectivity index (χ0v) is 21.3. The average molecular weight is 503 g/mol. The molecule has 2 unspecified atom stereocenters. The van der Waals surface area contributed by atoms with Crippen molar-refractivity contribution < 1.29 is 14.3 Å². The summed E-state index contributed by atoms with van der Waals surface area (Å²) in [5.74, 6) is 2.08. The van der Waals surface area contributed by atoms with Crippen molar-refractivity contribution in [2.45, 2.75) is 45.1 Å². The molecule has 8 bridgehead atoms. The molecule has 0 radical (unpaired) electrons. The molecule has 192 valence electrons. The van der Waals surface area contributed by atoms with Crippen LogP contribution in [0.4, 0.5) is 29.0 Å². The van der Waals surface area contributed by atoms with E-state index in [0.29, 0.717) is 41.0 Å². The summed E-state index contributed by atoms with van der Waals surface area (Å²) in [5, 5.41) is 13.6. The van der Waals surface area contributed by atoms with Gasteiger partial charge in [-0.25, -0.2) is 4.98 Å². The molecule has 1 aliphatic carbocycles. The second-order valence-electron chi connectivity index (χ2n) is 10.6. The van der Waals surface area contributed by atoms with Crippen LogP contribution in [-0.2, 0) is 4.79 Å². The van der Waals surface area contributed by atoms with Gasteiger partial charge in [-0.05, 0) is 51.3 Å². The molecule has 5 heterocycles. The molecule has 1 aromatic carbocycles. The van der Waals surface area contributed by atoms with Gasteiger partial charge in [0.05, 0.1) is 24.4 Å². The van der Waals surface area contributed by atoms with E-state index in [2.05, 4.69) is 30.7 Å². The summed E-state index contributed by atoms with van der Waals surface area (Å²) >= 11 is 0. The van der Waals surface area contributed by atoms with E-state index < -0.39 is 5.41 Å². The zero-order valence-electron chi connectivity index (χ0n) is 21.3. The van der Waals surface area contributed by atoms with Crippen molar-refractivity contribution in [3.8, 4) is 5.75 Å². The number of aromatic amines is 1. The van der Waals surface area contributed by atoms with Crippen molar-refractivity contribution in [2.75, 3.05) is 41.1 Å². The first-order valence-electron chi connectivity index (χ1n) is 12.5. The number of anilines is 5. The van der Waals surface area contributed by atoms with E-state index in [4.69, 9.17) is 9.72 Å². The lowest BCUT2D eigenvalue weighted by Gasteiger charge is -2.34. The number of amides is 2. The molecule has 3 aliphatic heterocycles. The van der Waals surface area contributed by atoms with Gasteiger partial charge < -0.3 is 25.2 Å². The van der Waals surface area contributed by atoms with Crippen LogP contribution in [0.25, 0.3) is 0 Å². The lowest BCUT2D eigenvalue weighted by Crippen LogP contribution is -2.45. The first kappa shape index (κ1) is 23.3. The van der Waals surface area contributed by atoms with E-state index >= 15 is 0 Å². The molecular weight excluding hydrogens is 472 g/mol. The van der Waals surface area contributed by atoms with Gasteiger partial charge in [0.2, 0.25) is 11.9 Å². The molecule has 0 spiro atoms. The van der Waals surface area contributed by atoms with Crippen LogP contribution in [0.5, 0.6) is 5.75 Å². The fourth-order valence-electron chi connectivity index (χ4n) is 5.69. The molecule has 0 saturated heterocycles. The molecule has 1 saturated carbocycles. The largest absolute Gasteiger partial charge is 0.495 e. The standard InChI is InChI=1S/C26H30N8O3/c1-26(2)13-34-16-7-5-14(9-16)18-11-21(32-31-18)29-23(35)15-6-8-17(20(10-15)37-4)28-25-27-12-19(22(34)30-25)33(3)24(26)36/h6,8,10-12,14,16H,5,7,9,13H2,1-4H3,(H,27,28,30)(H2,29,31,32,35). The lowest BCUT2D eigenvalue weighted by atomic mass is 9.90. The smallest absolute Gasteiger partial charge is 0.257 e. The summed E-state index contributed by atoms with van der Waals surface area (Å²) in [5.41, 5.74) is 2.13. The predicted molar refractivity (Wildman–Crippen MR) is 140 cm³/mol. The van der Waals surface area contributed by atoms with E-state index in [1.807, 2.05) is 19.9 Å². The number of aromatic nitrogens is 4. The van der Waals surface area contributed by atoms with Crippen molar-refractivity contribution in [3.05, 3.63) is 41.7 Å². The minimum Gasteiger partial charge on any atom is -0.495 e. The van der Waals surface area contributed by atoms with Crippen LogP contribution < -0.4 is 25.2 Å². The SMILES string of the molecule is COc1cc2ccc1Nc1ncc3c(n1)N(CC(C)(C)C(=O)N3C)C1CCC(C1)c1cc(n[nH]1)NC2=O. The Kier molecular flexibility index (Phi) is 5.32. The van der Waals surface area contributed by atoms with Crippen LogP contribution in [0.1, 0.15) is 55.1 Å². The average Bonchev–Trinajstić information content (AvgIpc) is 3.54. The van der Waals surface area contributed by atoms with Crippen molar-refractivity contribution in [3.63, 3.8) is 0 Å². The van der Waals surface area contributed by atoms with Crippen LogP contribution in [0.2, 0.25) is 0 Å². The number of nitrogens with zero attached hydrogens (tertiary/aromatic N) is 5. The Bertz CT molecular complexity index is 1400. The molecule has 3 N–H and O–H groups in total. The Morgan fingerprint density at radius 2 is 1.97 bits per heavy atom. The topological polar surface area (TPSA) is 128 Å². The number of carbonyl (C=O) groups excluding carboxylic acids is 2. The third kappa shape index (κ3) is 3.94. The van der Waals surface area contributed by atoms with E-state index in [-0.39, 0.29) is 23.8 Å². The van der Waals surface area contributed by atoms with Gasteiger partial charge in [-0.1, -0.05) is 0 Å². The van der Waals surface area contributed by atoms with Gasteiger partial charge in [0.25, 0.3) is 5.91 Å². The molecule has 2 amide bonds. The first-order valence-corrected chi connectivity index (χ1v) is 12.5. The normalized spacial score (nSPS) is 22.3. The van der Waals surface area contributed by atoms with Crippen LogP contribution in [0.3, 0.4) is 0 Å². The molecular formula is C26H30N8O3. The highest BCUT2D eigenvalue weighted by Gasteiger charge is 2.43. The number of benzene rings is 1. The molecule has 3 aromatic rings. The van der Waals surface area contributed by atoms with Crippen molar-refractivity contribution in [1.82, 2.24) is 20.2 Å². The van der Waals surface area contributed by atoms with Crippen molar-refractivity contribution in [2.24, 2.45) is 5.41 Å². The fraction of sp³-hybridized carbons (Fsp3) is 0.423. The van der Waals surface area contributed by atoms with Crippen LogP contribution >= 0.6 is 0 Å². The van der Waals surface area contributed by atoms with Crippen molar-refractivity contribution in [1.29, 1.82) is 0 Å². The van der Waals surface area contributed by atoms with Gasteiger partial charge in [-0.15, -0.1) is 0 Å². The molecule has 2 aromatic heterocycles. The van der Waals surface area contributed by atoms with Gasteiger partial charge in [0.1, 0.15) is 11.4 Å². The summed E-state index contributed by atoms with van der Waals surface area (Å²) in [4.78, 5) is 39.7. The third-order valence-corrected chi connectivity index (χ3v) is 7.67. The monoisotopic (exact) mass is 502 g/mol. The van der Waals surface area contributed by atoms with E-state index in [1.165, 1.54) is 0 Å². The Morgan fingerprint density at radius 3 is 2.78 bits per heavy atom. The maximum absolute atomic E-state index is 13.4. The molecule has 2 atom stereocenters. The summed E-state index contributed by atoms with van der Waals surface area (Å²) < 4.78 is 5.56. The summed E-state index contributed by atoms with van der Waals surface area (Å²) in [6.45, 7) is 4.50. The fourth-order valence-corrected chi connectivity index (χ4v) is 5.69. The number of carbonyl (C=O) groups is 2. The Balaban J connectivity index is 1.50. The number of ether oxygens (including phenoxy) is 1. The maximum Gasteiger partial charge on any atom is 0.257 e. The zero-order chi connectivity index (χ0) is 25.9. The predicted octanol–water partition coefficient (Wildman–Crippen LogP) is 3.66. The summed E-state index contributed by atoms with van der Waals surface area (Å²) in [6.07, 6.45) is 4.49. The molecule has 11 nitrogen and oxygen atoms in total. The number of rotatable bonds is 1. The second kappa shape index (κ2) is 8.46. The minimum atomic E-state index is -0.607. The lowest BCUT2D eigenvalue weighted by molar-refractivity contribution is -0.125. The summed E-state index contributed by atoms with van der Waals surface area (Å²) in [6, 6.07) is 7.22.